The van der Waals surface area contributed by atoms with Crippen LogP contribution in [0, 0.1) is 0 Å². The lowest BCUT2D eigenvalue weighted by molar-refractivity contribution is -0.140. The van der Waals surface area contributed by atoms with Gasteiger partial charge in [-0.15, -0.1) is 11.3 Å². The average Bonchev–Trinajstić information content (AvgIpc) is 2.73. The first-order valence-electron chi connectivity index (χ1n) is 4.86. The highest BCUT2D eigenvalue weighted by Gasteiger charge is 2.11. The molecule has 0 saturated carbocycles. The van der Waals surface area contributed by atoms with Gasteiger partial charge in [0.05, 0.1) is 20.6 Å². The van der Waals surface area contributed by atoms with Crippen molar-refractivity contribution in [2.24, 2.45) is 0 Å². The molecule has 0 aromatic carbocycles. The van der Waals surface area contributed by atoms with Crippen LogP contribution >= 0.6 is 11.3 Å². The lowest BCUT2D eigenvalue weighted by Crippen LogP contribution is -2.06. The lowest BCUT2D eigenvalue weighted by atomic mass is 10.1. The van der Waals surface area contributed by atoms with Crippen molar-refractivity contribution in [3.05, 3.63) is 21.9 Å². The maximum atomic E-state index is 11.1. The Morgan fingerprint density at radius 2 is 1.94 bits per heavy atom. The molecule has 1 aromatic rings. The third-order valence-corrected chi connectivity index (χ3v) is 3.16. The second-order valence-corrected chi connectivity index (χ2v) is 4.20. The van der Waals surface area contributed by atoms with Crippen LogP contribution in [0.1, 0.15) is 16.9 Å². The Morgan fingerprint density at radius 1 is 1.25 bits per heavy atom. The van der Waals surface area contributed by atoms with E-state index in [-0.39, 0.29) is 18.4 Å². The number of rotatable bonds is 5. The highest BCUT2D eigenvalue weighted by atomic mass is 32.1. The number of esters is 2. The smallest absolute Gasteiger partial charge is 0.310 e. The summed E-state index contributed by atoms with van der Waals surface area (Å²) in [6.45, 7) is 0. The molecule has 16 heavy (non-hydrogen) atoms. The van der Waals surface area contributed by atoms with Gasteiger partial charge < -0.3 is 9.47 Å². The molecule has 1 aromatic heterocycles. The summed E-state index contributed by atoms with van der Waals surface area (Å²) in [4.78, 5) is 23.1. The van der Waals surface area contributed by atoms with Crippen LogP contribution in [0.2, 0.25) is 0 Å². The topological polar surface area (TPSA) is 52.6 Å². The van der Waals surface area contributed by atoms with E-state index in [2.05, 4.69) is 9.47 Å². The van der Waals surface area contributed by atoms with Gasteiger partial charge in [0.2, 0.25) is 0 Å². The minimum atomic E-state index is -0.262. The fraction of sp³-hybridized carbons (Fsp3) is 0.455. The van der Waals surface area contributed by atoms with Gasteiger partial charge in [-0.3, -0.25) is 9.59 Å². The van der Waals surface area contributed by atoms with Gasteiger partial charge in [0, 0.05) is 11.3 Å². The van der Waals surface area contributed by atoms with Gasteiger partial charge in [0.15, 0.2) is 0 Å². The van der Waals surface area contributed by atoms with E-state index in [1.165, 1.54) is 25.6 Å². The molecule has 0 aliphatic rings. The number of methoxy groups -OCH3 is 2. The van der Waals surface area contributed by atoms with Crippen LogP contribution in [0.15, 0.2) is 11.4 Å². The van der Waals surface area contributed by atoms with Crippen molar-refractivity contribution in [2.75, 3.05) is 14.2 Å². The molecule has 1 rings (SSSR count). The summed E-state index contributed by atoms with van der Waals surface area (Å²) in [6.07, 6.45) is 1.20. The average molecular weight is 242 g/mol. The molecule has 0 atom stereocenters. The monoisotopic (exact) mass is 242 g/mol. The molecule has 1 heterocycles. The molecule has 0 aliphatic carbocycles. The molecule has 0 fully saturated rings. The Kier molecular flexibility index (Phi) is 4.98. The summed E-state index contributed by atoms with van der Waals surface area (Å²) in [7, 11) is 2.73. The second-order valence-electron chi connectivity index (χ2n) is 3.20. The maximum Gasteiger partial charge on any atom is 0.310 e. The quantitative estimate of drug-likeness (QED) is 0.735. The highest BCUT2D eigenvalue weighted by molar-refractivity contribution is 7.10. The van der Waals surface area contributed by atoms with Gasteiger partial charge >= 0.3 is 11.9 Å². The number of hydrogen-bond acceptors (Lipinski definition) is 5. The zero-order valence-corrected chi connectivity index (χ0v) is 10.1. The molecular weight excluding hydrogens is 228 g/mol. The SMILES string of the molecule is COC(=O)CCc1ccsc1CC(=O)OC. The standard InChI is InChI=1S/C11H14O4S/c1-14-10(12)4-3-8-5-6-16-9(8)7-11(13)15-2/h5-6H,3-4,7H2,1-2H3. The fourth-order valence-electron chi connectivity index (χ4n) is 1.29. The molecule has 5 heteroatoms. The molecular formula is C11H14O4S. The molecule has 0 aliphatic heterocycles. The zero-order valence-electron chi connectivity index (χ0n) is 9.32. The number of carbonyl (C=O) groups excluding carboxylic acids is 2. The number of hydrogen-bond donors (Lipinski definition) is 0. The van der Waals surface area contributed by atoms with Crippen molar-refractivity contribution in [1.29, 1.82) is 0 Å². The normalized spacial score (nSPS) is 9.88. The van der Waals surface area contributed by atoms with Crippen molar-refractivity contribution < 1.29 is 19.1 Å². The third-order valence-electron chi connectivity index (χ3n) is 2.20. The summed E-state index contributed by atoms with van der Waals surface area (Å²) >= 11 is 1.50. The van der Waals surface area contributed by atoms with Gasteiger partial charge in [-0.05, 0) is 23.4 Å². The fourth-order valence-corrected chi connectivity index (χ4v) is 2.21. The van der Waals surface area contributed by atoms with E-state index in [9.17, 15) is 9.59 Å². The lowest BCUT2D eigenvalue weighted by Gasteiger charge is -2.02. The molecule has 0 N–H and O–H groups in total. The molecule has 0 amide bonds. The van der Waals surface area contributed by atoms with Crippen LogP contribution in [0.3, 0.4) is 0 Å². The predicted octanol–water partition coefficient (Wildman–Crippen LogP) is 1.57. The first-order chi connectivity index (χ1) is 7.67. The van der Waals surface area contributed by atoms with Crippen molar-refractivity contribution in [2.45, 2.75) is 19.3 Å². The van der Waals surface area contributed by atoms with E-state index in [4.69, 9.17) is 0 Å². The molecule has 0 radical (unpaired) electrons. The van der Waals surface area contributed by atoms with Crippen LogP contribution in [0.5, 0.6) is 0 Å². The maximum absolute atomic E-state index is 11.1. The summed E-state index contributed by atoms with van der Waals surface area (Å²) in [5, 5.41) is 1.91. The molecule has 4 nitrogen and oxygen atoms in total. The largest absolute Gasteiger partial charge is 0.469 e. The molecule has 0 unspecified atom stereocenters. The Balaban J connectivity index is 2.56. The van der Waals surface area contributed by atoms with Crippen LogP contribution in [-0.2, 0) is 31.9 Å². The van der Waals surface area contributed by atoms with E-state index in [0.717, 1.165) is 10.4 Å². The van der Waals surface area contributed by atoms with Crippen LogP contribution in [-0.4, -0.2) is 26.2 Å². The minimum absolute atomic E-state index is 0.241. The molecule has 0 bridgehead atoms. The van der Waals surface area contributed by atoms with Gasteiger partial charge in [0.1, 0.15) is 0 Å². The van der Waals surface area contributed by atoms with E-state index in [1.54, 1.807) is 0 Å². The number of aryl methyl sites for hydroxylation is 1. The Morgan fingerprint density at radius 3 is 2.56 bits per heavy atom. The summed E-state index contributed by atoms with van der Waals surface area (Å²) in [5.74, 6) is -0.503. The van der Waals surface area contributed by atoms with Gasteiger partial charge in [-0.25, -0.2) is 0 Å². The third kappa shape index (κ3) is 3.66. The highest BCUT2D eigenvalue weighted by Crippen LogP contribution is 2.19. The summed E-state index contributed by atoms with van der Waals surface area (Å²) in [5.41, 5.74) is 1.01. The second kappa shape index (κ2) is 6.27. The molecule has 0 saturated heterocycles. The van der Waals surface area contributed by atoms with Crippen molar-refractivity contribution in [3.8, 4) is 0 Å². The Hall–Kier alpha value is -1.36. The zero-order chi connectivity index (χ0) is 12.0. The van der Waals surface area contributed by atoms with Gasteiger partial charge in [0.25, 0.3) is 0 Å². The summed E-state index contributed by atoms with van der Waals surface area (Å²) < 4.78 is 9.16. The predicted molar refractivity (Wildman–Crippen MR) is 60.4 cm³/mol. The van der Waals surface area contributed by atoms with Gasteiger partial charge in [-0.1, -0.05) is 0 Å². The van der Waals surface area contributed by atoms with Crippen LogP contribution < -0.4 is 0 Å². The van der Waals surface area contributed by atoms with Gasteiger partial charge in [-0.2, -0.15) is 0 Å². The number of carbonyl (C=O) groups is 2. The minimum Gasteiger partial charge on any atom is -0.469 e. The van der Waals surface area contributed by atoms with Crippen LogP contribution in [0.4, 0.5) is 0 Å². The number of thiophene rings is 1. The molecule has 0 spiro atoms. The van der Waals surface area contributed by atoms with Crippen molar-refractivity contribution in [1.82, 2.24) is 0 Å². The van der Waals surface area contributed by atoms with E-state index >= 15 is 0 Å². The first kappa shape index (κ1) is 12.7. The summed E-state index contributed by atoms with van der Waals surface area (Å²) in [6, 6.07) is 1.92. The van der Waals surface area contributed by atoms with Crippen LogP contribution in [0.25, 0.3) is 0 Å². The number of ether oxygens (including phenoxy) is 2. The first-order valence-corrected chi connectivity index (χ1v) is 5.74. The Labute approximate surface area is 98.2 Å². The van der Waals surface area contributed by atoms with Crippen molar-refractivity contribution in [3.63, 3.8) is 0 Å². The molecule has 88 valence electrons. The van der Waals surface area contributed by atoms with E-state index < -0.39 is 0 Å². The van der Waals surface area contributed by atoms with E-state index in [0.29, 0.717) is 12.8 Å². The van der Waals surface area contributed by atoms with E-state index in [1.807, 2.05) is 11.4 Å². The van der Waals surface area contributed by atoms with Crippen molar-refractivity contribution >= 4 is 23.3 Å². The Bertz CT molecular complexity index is 370.